The average Bonchev–Trinajstić information content (AvgIpc) is 2.87. The summed E-state index contributed by atoms with van der Waals surface area (Å²) in [5, 5.41) is 6.40. The number of hydrogen-bond donors (Lipinski definition) is 2. The van der Waals surface area contributed by atoms with Crippen LogP contribution in [-0.2, 0) is 0 Å². The van der Waals surface area contributed by atoms with Gasteiger partial charge in [0.2, 0.25) is 5.95 Å². The van der Waals surface area contributed by atoms with Gasteiger partial charge in [0.25, 0.3) is 5.91 Å². The Morgan fingerprint density at radius 2 is 1.54 bits per heavy atom. The number of aromatic nitrogens is 2. The van der Waals surface area contributed by atoms with E-state index in [0.717, 1.165) is 29.7 Å². The number of amides is 1. The number of hydrogen-bond acceptors (Lipinski definition) is 4. The minimum atomic E-state index is -0.0776. The van der Waals surface area contributed by atoms with Crippen LogP contribution in [0.25, 0.3) is 0 Å². The molecule has 1 aliphatic rings. The maximum absolute atomic E-state index is 12.4. The lowest BCUT2D eigenvalue weighted by Crippen LogP contribution is -2.34. The van der Waals surface area contributed by atoms with Crippen molar-refractivity contribution in [1.82, 2.24) is 15.3 Å². The third-order valence-corrected chi connectivity index (χ3v) is 5.02. The summed E-state index contributed by atoms with van der Waals surface area (Å²) in [5.74, 6) is 0.428. The van der Waals surface area contributed by atoms with Gasteiger partial charge in [0.05, 0.1) is 5.56 Å². The zero-order chi connectivity index (χ0) is 18.5. The highest BCUT2D eigenvalue weighted by Crippen LogP contribution is 2.24. The van der Waals surface area contributed by atoms with E-state index in [0.29, 0.717) is 11.5 Å². The van der Waals surface area contributed by atoms with Gasteiger partial charge in [0.15, 0.2) is 0 Å². The lowest BCUT2D eigenvalue weighted by atomic mass is 10.1. The molecule has 1 saturated carbocycles. The number of aryl methyl sites for hydroxylation is 3. The molecule has 0 unspecified atom stereocenters. The summed E-state index contributed by atoms with van der Waals surface area (Å²) in [7, 11) is 0. The van der Waals surface area contributed by atoms with E-state index in [1.807, 2.05) is 0 Å². The molecule has 1 amide bonds. The van der Waals surface area contributed by atoms with Crippen LogP contribution in [0.5, 0.6) is 0 Å². The number of nitrogens with one attached hydrogen (secondary N) is 2. The van der Waals surface area contributed by atoms with Crippen molar-refractivity contribution in [1.29, 1.82) is 0 Å². The molecule has 1 fully saturated rings. The molecule has 0 aliphatic heterocycles. The predicted octanol–water partition coefficient (Wildman–Crippen LogP) is 4.60. The van der Waals surface area contributed by atoms with Gasteiger partial charge in [-0.1, -0.05) is 43.4 Å². The van der Waals surface area contributed by atoms with Crippen LogP contribution in [0.4, 0.5) is 11.6 Å². The molecular formula is C21H28N4O. The molecule has 1 heterocycles. The second-order valence-electron chi connectivity index (χ2n) is 7.36. The first-order chi connectivity index (χ1) is 12.5. The smallest absolute Gasteiger partial charge is 0.254 e. The van der Waals surface area contributed by atoms with Gasteiger partial charge in [0.1, 0.15) is 0 Å². The maximum Gasteiger partial charge on any atom is 0.254 e. The first kappa shape index (κ1) is 18.4. The van der Waals surface area contributed by atoms with Gasteiger partial charge >= 0.3 is 0 Å². The lowest BCUT2D eigenvalue weighted by molar-refractivity contribution is 0.0932. The molecule has 0 spiro atoms. The second-order valence-corrected chi connectivity index (χ2v) is 7.36. The van der Waals surface area contributed by atoms with Crippen LogP contribution in [0.2, 0.25) is 0 Å². The summed E-state index contributed by atoms with van der Waals surface area (Å²) in [6.07, 6.45) is 10.3. The Bertz CT molecular complexity index is 739. The van der Waals surface area contributed by atoms with Gasteiger partial charge < -0.3 is 10.6 Å². The Morgan fingerprint density at radius 3 is 2.12 bits per heavy atom. The van der Waals surface area contributed by atoms with E-state index in [-0.39, 0.29) is 11.9 Å². The van der Waals surface area contributed by atoms with Crippen LogP contribution < -0.4 is 10.6 Å². The minimum Gasteiger partial charge on any atom is -0.349 e. The third-order valence-electron chi connectivity index (χ3n) is 5.02. The molecule has 138 valence electrons. The fraction of sp³-hybridized carbons (Fsp3) is 0.476. The number of carbonyl (C=O) groups excluding carboxylic acids is 1. The van der Waals surface area contributed by atoms with Crippen molar-refractivity contribution in [2.24, 2.45) is 0 Å². The van der Waals surface area contributed by atoms with Gasteiger partial charge in [-0.05, 0) is 44.7 Å². The molecular weight excluding hydrogens is 324 g/mol. The van der Waals surface area contributed by atoms with Crippen molar-refractivity contribution in [3.8, 4) is 0 Å². The summed E-state index contributed by atoms with van der Waals surface area (Å²) in [4.78, 5) is 21.1. The van der Waals surface area contributed by atoms with Gasteiger partial charge in [-0.25, -0.2) is 9.97 Å². The van der Waals surface area contributed by atoms with E-state index in [1.54, 1.807) is 12.4 Å². The van der Waals surface area contributed by atoms with Gasteiger partial charge in [0, 0.05) is 24.1 Å². The van der Waals surface area contributed by atoms with Crippen molar-refractivity contribution < 1.29 is 4.79 Å². The van der Waals surface area contributed by atoms with Crippen LogP contribution in [0.1, 0.15) is 65.6 Å². The van der Waals surface area contributed by atoms with Crippen molar-refractivity contribution in [3.05, 3.63) is 46.8 Å². The molecule has 0 radical (unpaired) electrons. The van der Waals surface area contributed by atoms with Crippen molar-refractivity contribution in [2.45, 2.75) is 65.3 Å². The van der Waals surface area contributed by atoms with Crippen molar-refractivity contribution in [2.75, 3.05) is 5.32 Å². The van der Waals surface area contributed by atoms with Gasteiger partial charge in [-0.3, -0.25) is 4.79 Å². The monoisotopic (exact) mass is 352 g/mol. The van der Waals surface area contributed by atoms with E-state index in [9.17, 15) is 4.79 Å². The van der Waals surface area contributed by atoms with Gasteiger partial charge in [-0.15, -0.1) is 0 Å². The summed E-state index contributed by atoms with van der Waals surface area (Å²) >= 11 is 0. The molecule has 0 saturated heterocycles. The SMILES string of the molecule is Cc1cc(C)c(Nc2ncc(C(=O)NC3CCCCCC3)cn2)c(C)c1. The number of benzene rings is 1. The highest BCUT2D eigenvalue weighted by molar-refractivity contribution is 5.93. The molecule has 5 nitrogen and oxygen atoms in total. The van der Waals surface area contributed by atoms with Crippen molar-refractivity contribution >= 4 is 17.5 Å². The quantitative estimate of drug-likeness (QED) is 0.789. The minimum absolute atomic E-state index is 0.0776. The Kier molecular flexibility index (Phi) is 5.86. The molecule has 1 aromatic heterocycles. The fourth-order valence-electron chi connectivity index (χ4n) is 3.69. The Balaban J connectivity index is 1.65. The standard InChI is InChI=1S/C21H28N4O/c1-14-10-15(2)19(16(3)11-14)25-21-22-12-17(13-23-21)20(26)24-18-8-6-4-5-7-9-18/h10-13,18H,4-9H2,1-3H3,(H,24,26)(H,22,23,25). The Hall–Kier alpha value is -2.43. The van der Waals surface area contributed by atoms with Crippen LogP contribution in [0.15, 0.2) is 24.5 Å². The third kappa shape index (κ3) is 4.59. The highest BCUT2D eigenvalue weighted by atomic mass is 16.1. The van der Waals surface area contributed by atoms with Crippen molar-refractivity contribution in [3.63, 3.8) is 0 Å². The second kappa shape index (κ2) is 8.30. The molecule has 2 N–H and O–H groups in total. The van der Waals surface area contributed by atoms with E-state index >= 15 is 0 Å². The predicted molar refractivity (Wildman–Crippen MR) is 105 cm³/mol. The molecule has 1 aliphatic carbocycles. The number of rotatable bonds is 4. The van der Waals surface area contributed by atoms with Crippen LogP contribution in [0.3, 0.4) is 0 Å². The summed E-state index contributed by atoms with van der Waals surface area (Å²) in [6, 6.07) is 4.54. The van der Waals surface area contributed by atoms with Gasteiger partial charge in [-0.2, -0.15) is 0 Å². The molecule has 2 aromatic rings. The first-order valence-electron chi connectivity index (χ1n) is 9.50. The van der Waals surface area contributed by atoms with E-state index < -0.39 is 0 Å². The number of nitrogens with zero attached hydrogens (tertiary/aromatic N) is 2. The largest absolute Gasteiger partial charge is 0.349 e. The topological polar surface area (TPSA) is 66.9 Å². The molecule has 0 bridgehead atoms. The fourth-order valence-corrected chi connectivity index (χ4v) is 3.69. The molecule has 5 heteroatoms. The highest BCUT2D eigenvalue weighted by Gasteiger charge is 2.16. The Morgan fingerprint density at radius 1 is 0.962 bits per heavy atom. The number of anilines is 2. The molecule has 0 atom stereocenters. The van der Waals surface area contributed by atoms with Crippen LogP contribution in [-0.4, -0.2) is 21.9 Å². The summed E-state index contributed by atoms with van der Waals surface area (Å²) < 4.78 is 0. The molecule has 26 heavy (non-hydrogen) atoms. The zero-order valence-electron chi connectivity index (χ0n) is 15.9. The lowest BCUT2D eigenvalue weighted by Gasteiger charge is -2.16. The molecule has 1 aromatic carbocycles. The van der Waals surface area contributed by atoms with E-state index in [2.05, 4.69) is 53.5 Å². The van der Waals surface area contributed by atoms with E-state index in [4.69, 9.17) is 0 Å². The Labute approximate surface area is 155 Å². The van der Waals surface area contributed by atoms with E-state index in [1.165, 1.54) is 31.2 Å². The maximum atomic E-state index is 12.4. The molecule has 3 rings (SSSR count). The summed E-state index contributed by atoms with van der Waals surface area (Å²) in [5.41, 5.74) is 5.07. The normalized spacial score (nSPS) is 15.3. The van der Waals surface area contributed by atoms with Crippen LogP contribution >= 0.6 is 0 Å². The average molecular weight is 352 g/mol. The zero-order valence-corrected chi connectivity index (χ0v) is 15.9. The number of carbonyl (C=O) groups is 1. The summed E-state index contributed by atoms with van der Waals surface area (Å²) in [6.45, 7) is 6.22. The van der Waals surface area contributed by atoms with Crippen LogP contribution in [0, 0.1) is 20.8 Å². The first-order valence-corrected chi connectivity index (χ1v) is 9.50.